The molecule has 0 saturated heterocycles. The summed E-state index contributed by atoms with van der Waals surface area (Å²) in [5.41, 5.74) is 2.86. The van der Waals surface area contributed by atoms with Crippen LogP contribution < -0.4 is 10.1 Å². The third-order valence-corrected chi connectivity index (χ3v) is 5.83. The quantitative estimate of drug-likeness (QED) is 0.449. The van der Waals surface area contributed by atoms with Crippen molar-refractivity contribution in [1.82, 2.24) is 14.5 Å². The molecule has 0 bridgehead atoms. The molecule has 1 amide bonds. The average molecular weight is 439 g/mol. The molecular formula is C22H19ClN4O2S. The van der Waals surface area contributed by atoms with Crippen molar-refractivity contribution in [3.63, 3.8) is 0 Å². The summed E-state index contributed by atoms with van der Waals surface area (Å²) < 4.78 is 7.52. The minimum atomic E-state index is -0.307. The Kier molecular flexibility index (Phi) is 5.83. The Balaban J connectivity index is 1.39. The first-order valence-electron chi connectivity index (χ1n) is 9.24. The zero-order valence-electron chi connectivity index (χ0n) is 16.4. The number of imidazole rings is 1. The van der Waals surface area contributed by atoms with Crippen LogP contribution in [0.15, 0.2) is 60.9 Å². The molecule has 4 aromatic rings. The lowest BCUT2D eigenvalue weighted by Crippen LogP contribution is -2.20. The summed E-state index contributed by atoms with van der Waals surface area (Å²) in [7, 11) is 1.92. The highest BCUT2D eigenvalue weighted by molar-refractivity contribution is 7.19. The van der Waals surface area contributed by atoms with Crippen LogP contribution in [-0.2, 0) is 11.8 Å². The molecule has 0 spiro atoms. The number of anilines is 1. The highest BCUT2D eigenvalue weighted by Crippen LogP contribution is 2.32. The predicted octanol–water partition coefficient (Wildman–Crippen LogP) is 5.19. The molecule has 0 radical (unpaired) electrons. The van der Waals surface area contributed by atoms with Crippen LogP contribution in [0.1, 0.15) is 5.69 Å². The lowest BCUT2D eigenvalue weighted by Gasteiger charge is -2.09. The second kappa shape index (κ2) is 8.69. The number of nitrogens with zero attached hydrogens (tertiary/aromatic N) is 3. The number of nitrogens with one attached hydrogen (secondary N) is 1. The van der Waals surface area contributed by atoms with Gasteiger partial charge in [0.1, 0.15) is 5.75 Å². The van der Waals surface area contributed by atoms with Gasteiger partial charge in [-0.2, -0.15) is 0 Å². The van der Waals surface area contributed by atoms with E-state index >= 15 is 0 Å². The molecule has 6 nitrogen and oxygen atoms in total. The molecule has 30 heavy (non-hydrogen) atoms. The number of amides is 1. The SMILES string of the molecule is Cc1nc(NC(=O)COc2ccc(-c3ccccc3)cc2Cl)sc1-c1nccn1C. The van der Waals surface area contributed by atoms with Crippen LogP contribution in [0.2, 0.25) is 5.02 Å². The molecule has 152 valence electrons. The van der Waals surface area contributed by atoms with Gasteiger partial charge in [0.2, 0.25) is 0 Å². The van der Waals surface area contributed by atoms with E-state index in [0.29, 0.717) is 15.9 Å². The van der Waals surface area contributed by atoms with Gasteiger partial charge in [-0.05, 0) is 30.2 Å². The number of benzene rings is 2. The minimum Gasteiger partial charge on any atom is -0.482 e. The van der Waals surface area contributed by atoms with Crippen LogP contribution in [0.4, 0.5) is 5.13 Å². The van der Waals surface area contributed by atoms with Crippen molar-refractivity contribution >= 4 is 34.0 Å². The summed E-state index contributed by atoms with van der Waals surface area (Å²) in [6.07, 6.45) is 3.60. The van der Waals surface area contributed by atoms with E-state index in [1.807, 2.05) is 67.2 Å². The second-order valence-corrected chi connectivity index (χ2v) is 8.05. The van der Waals surface area contributed by atoms with Gasteiger partial charge in [0, 0.05) is 19.4 Å². The van der Waals surface area contributed by atoms with Crippen molar-refractivity contribution in [3.8, 4) is 27.6 Å². The van der Waals surface area contributed by atoms with E-state index < -0.39 is 0 Å². The number of carbonyl (C=O) groups is 1. The van der Waals surface area contributed by atoms with E-state index in [1.165, 1.54) is 11.3 Å². The predicted molar refractivity (Wildman–Crippen MR) is 120 cm³/mol. The van der Waals surface area contributed by atoms with Crippen molar-refractivity contribution < 1.29 is 9.53 Å². The van der Waals surface area contributed by atoms with E-state index in [4.69, 9.17) is 16.3 Å². The molecule has 0 unspecified atom stereocenters. The zero-order chi connectivity index (χ0) is 21.1. The van der Waals surface area contributed by atoms with Crippen molar-refractivity contribution in [2.24, 2.45) is 7.05 Å². The van der Waals surface area contributed by atoms with Gasteiger partial charge >= 0.3 is 0 Å². The number of rotatable bonds is 6. The fourth-order valence-electron chi connectivity index (χ4n) is 2.97. The zero-order valence-corrected chi connectivity index (χ0v) is 18.0. The van der Waals surface area contributed by atoms with Crippen LogP contribution in [0.3, 0.4) is 0 Å². The number of thiazole rings is 1. The summed E-state index contributed by atoms with van der Waals surface area (Å²) in [5.74, 6) is 0.959. The molecule has 0 fully saturated rings. The van der Waals surface area contributed by atoms with Crippen molar-refractivity contribution in [2.45, 2.75) is 6.92 Å². The Labute approximate surface area is 183 Å². The van der Waals surface area contributed by atoms with E-state index in [9.17, 15) is 4.79 Å². The molecule has 1 N–H and O–H groups in total. The first-order chi connectivity index (χ1) is 14.5. The van der Waals surface area contributed by atoms with E-state index in [0.717, 1.165) is 27.5 Å². The van der Waals surface area contributed by atoms with E-state index in [-0.39, 0.29) is 12.5 Å². The molecule has 4 rings (SSSR count). The fourth-order valence-corrected chi connectivity index (χ4v) is 4.23. The highest BCUT2D eigenvalue weighted by Gasteiger charge is 2.15. The Bertz CT molecular complexity index is 1190. The average Bonchev–Trinajstić information content (AvgIpc) is 3.32. The van der Waals surface area contributed by atoms with Gasteiger partial charge in [0.25, 0.3) is 5.91 Å². The van der Waals surface area contributed by atoms with E-state index in [1.54, 1.807) is 12.3 Å². The summed E-state index contributed by atoms with van der Waals surface area (Å²) >= 11 is 7.72. The summed E-state index contributed by atoms with van der Waals surface area (Å²) in [5, 5.41) is 3.73. The molecule has 2 heterocycles. The summed E-state index contributed by atoms with van der Waals surface area (Å²) in [6.45, 7) is 1.72. The first-order valence-corrected chi connectivity index (χ1v) is 10.4. The number of aromatic nitrogens is 3. The normalized spacial score (nSPS) is 10.8. The van der Waals surface area contributed by atoms with Gasteiger partial charge < -0.3 is 9.30 Å². The van der Waals surface area contributed by atoms with Crippen molar-refractivity contribution in [2.75, 3.05) is 11.9 Å². The number of ether oxygens (including phenoxy) is 1. The monoisotopic (exact) mass is 438 g/mol. The number of halogens is 1. The van der Waals surface area contributed by atoms with Gasteiger partial charge in [-0.15, -0.1) is 0 Å². The maximum atomic E-state index is 12.3. The lowest BCUT2D eigenvalue weighted by molar-refractivity contribution is -0.118. The van der Waals surface area contributed by atoms with Gasteiger partial charge in [-0.25, -0.2) is 9.97 Å². The molecular weight excluding hydrogens is 420 g/mol. The van der Waals surface area contributed by atoms with Crippen LogP contribution in [0.25, 0.3) is 21.8 Å². The van der Waals surface area contributed by atoms with Crippen LogP contribution in [0, 0.1) is 6.92 Å². The topological polar surface area (TPSA) is 69.0 Å². The molecule has 0 aliphatic carbocycles. The van der Waals surface area contributed by atoms with Gasteiger partial charge in [-0.3, -0.25) is 10.1 Å². The van der Waals surface area contributed by atoms with Crippen molar-refractivity contribution in [3.05, 3.63) is 71.6 Å². The molecule has 0 atom stereocenters. The first kappa shape index (κ1) is 20.1. The standard InChI is InChI=1S/C22H19ClN4O2S/c1-14-20(21-24-10-11-27(21)2)30-22(25-14)26-19(28)13-29-18-9-8-16(12-17(18)23)15-6-4-3-5-7-15/h3-12H,13H2,1-2H3,(H,25,26,28). The third kappa shape index (κ3) is 4.37. The number of hydrogen-bond donors (Lipinski definition) is 1. The number of aryl methyl sites for hydroxylation is 2. The Morgan fingerprint density at radius 1 is 1.20 bits per heavy atom. The summed E-state index contributed by atoms with van der Waals surface area (Å²) in [4.78, 5) is 22.0. The molecule has 8 heteroatoms. The van der Waals surface area contributed by atoms with Gasteiger partial charge in [0.15, 0.2) is 17.6 Å². The second-order valence-electron chi connectivity index (χ2n) is 6.64. The maximum Gasteiger partial charge on any atom is 0.264 e. The number of carbonyl (C=O) groups excluding carboxylic acids is 1. The maximum absolute atomic E-state index is 12.3. The Morgan fingerprint density at radius 2 is 2.00 bits per heavy atom. The number of hydrogen-bond acceptors (Lipinski definition) is 5. The Morgan fingerprint density at radius 3 is 2.70 bits per heavy atom. The summed E-state index contributed by atoms with van der Waals surface area (Å²) in [6, 6.07) is 15.4. The van der Waals surface area contributed by atoms with Gasteiger partial charge in [0.05, 0.1) is 15.6 Å². The highest BCUT2D eigenvalue weighted by atomic mass is 35.5. The molecule has 0 aliphatic heterocycles. The molecule has 2 aromatic heterocycles. The lowest BCUT2D eigenvalue weighted by atomic mass is 10.1. The smallest absolute Gasteiger partial charge is 0.264 e. The molecule has 0 aliphatic rings. The van der Waals surface area contributed by atoms with E-state index in [2.05, 4.69) is 15.3 Å². The van der Waals surface area contributed by atoms with Crippen molar-refractivity contribution in [1.29, 1.82) is 0 Å². The largest absolute Gasteiger partial charge is 0.482 e. The molecule has 2 aromatic carbocycles. The third-order valence-electron chi connectivity index (χ3n) is 4.46. The van der Waals surface area contributed by atoms with Crippen LogP contribution in [0.5, 0.6) is 5.75 Å². The minimum absolute atomic E-state index is 0.166. The van der Waals surface area contributed by atoms with Gasteiger partial charge in [-0.1, -0.05) is 59.3 Å². The Hall–Kier alpha value is -3.16. The van der Waals surface area contributed by atoms with Crippen LogP contribution in [-0.4, -0.2) is 27.0 Å². The molecule has 0 saturated carbocycles. The van der Waals surface area contributed by atoms with Crippen LogP contribution >= 0.6 is 22.9 Å². The fraction of sp³-hybridized carbons (Fsp3) is 0.136.